The first-order valence-electron chi connectivity index (χ1n) is 9.50. The third-order valence-corrected chi connectivity index (χ3v) is 5.91. The molecular formula is C23H23N3O2S. The van der Waals surface area contributed by atoms with Gasteiger partial charge >= 0.3 is 0 Å². The number of carbonyl (C=O) groups is 1. The van der Waals surface area contributed by atoms with E-state index < -0.39 is 0 Å². The highest BCUT2D eigenvalue weighted by Gasteiger charge is 2.16. The lowest BCUT2D eigenvalue weighted by molar-refractivity contribution is 0.0955. The van der Waals surface area contributed by atoms with Gasteiger partial charge in [-0.05, 0) is 29.7 Å². The number of amides is 1. The van der Waals surface area contributed by atoms with E-state index in [-0.39, 0.29) is 5.91 Å². The largest absolute Gasteiger partial charge is 0.380 e. The zero-order valence-electron chi connectivity index (χ0n) is 16.5. The number of rotatable bonds is 7. The number of aryl methyl sites for hydroxylation is 1. The van der Waals surface area contributed by atoms with Gasteiger partial charge in [0.2, 0.25) is 0 Å². The van der Waals surface area contributed by atoms with Crippen molar-refractivity contribution in [1.82, 2.24) is 15.1 Å². The average molecular weight is 406 g/mol. The first kappa shape index (κ1) is 19.4. The van der Waals surface area contributed by atoms with Crippen molar-refractivity contribution in [2.24, 2.45) is 0 Å². The normalized spacial score (nSPS) is 11.1. The van der Waals surface area contributed by atoms with Gasteiger partial charge in [-0.1, -0.05) is 54.6 Å². The molecule has 0 atom stereocenters. The van der Waals surface area contributed by atoms with E-state index in [4.69, 9.17) is 4.74 Å². The number of aromatic nitrogens is 2. The number of nitrogens with one attached hydrogen (secondary N) is 1. The number of nitrogens with zero attached hydrogens (tertiary/aromatic N) is 2. The van der Waals surface area contributed by atoms with Gasteiger partial charge in [0.15, 0.2) is 0 Å². The number of thiophene rings is 1. The summed E-state index contributed by atoms with van der Waals surface area (Å²) >= 11 is 1.49. The summed E-state index contributed by atoms with van der Waals surface area (Å²) in [5.74, 6) is -0.0611. The Bertz CT molecular complexity index is 1130. The van der Waals surface area contributed by atoms with Crippen molar-refractivity contribution >= 4 is 27.5 Å². The summed E-state index contributed by atoms with van der Waals surface area (Å²) in [5.41, 5.74) is 4.28. The monoisotopic (exact) mass is 405 g/mol. The molecular weight excluding hydrogens is 382 g/mol. The molecule has 0 fully saturated rings. The lowest BCUT2D eigenvalue weighted by Gasteiger charge is -2.06. The SMILES string of the molecule is COCc1cccc(CNC(=O)c2cc3c(C)nn(Cc4ccccc4)c3s2)c1. The molecule has 2 heterocycles. The van der Waals surface area contributed by atoms with Crippen LogP contribution in [0.1, 0.15) is 32.1 Å². The van der Waals surface area contributed by atoms with E-state index in [1.54, 1.807) is 7.11 Å². The molecule has 0 saturated heterocycles. The third kappa shape index (κ3) is 4.39. The van der Waals surface area contributed by atoms with Crippen LogP contribution in [-0.4, -0.2) is 22.8 Å². The van der Waals surface area contributed by atoms with Gasteiger partial charge in [-0.2, -0.15) is 5.10 Å². The van der Waals surface area contributed by atoms with E-state index >= 15 is 0 Å². The van der Waals surface area contributed by atoms with Crippen LogP contribution in [0.5, 0.6) is 0 Å². The topological polar surface area (TPSA) is 56.1 Å². The molecule has 6 heteroatoms. The zero-order chi connectivity index (χ0) is 20.2. The van der Waals surface area contributed by atoms with Gasteiger partial charge < -0.3 is 10.1 Å². The molecule has 4 aromatic rings. The smallest absolute Gasteiger partial charge is 0.261 e. The first-order valence-corrected chi connectivity index (χ1v) is 10.3. The Morgan fingerprint density at radius 1 is 1.07 bits per heavy atom. The predicted molar refractivity (Wildman–Crippen MR) is 116 cm³/mol. The highest BCUT2D eigenvalue weighted by Crippen LogP contribution is 2.29. The Balaban J connectivity index is 1.50. The highest BCUT2D eigenvalue weighted by molar-refractivity contribution is 7.20. The molecule has 0 spiro atoms. The highest BCUT2D eigenvalue weighted by atomic mass is 32.1. The Morgan fingerprint density at radius 2 is 1.83 bits per heavy atom. The molecule has 0 bridgehead atoms. The lowest BCUT2D eigenvalue weighted by Crippen LogP contribution is -2.21. The van der Waals surface area contributed by atoms with Crippen LogP contribution in [0, 0.1) is 6.92 Å². The van der Waals surface area contributed by atoms with Crippen LogP contribution in [0.25, 0.3) is 10.2 Å². The third-order valence-electron chi connectivity index (χ3n) is 4.76. The number of hydrogen-bond donors (Lipinski definition) is 1. The fourth-order valence-electron chi connectivity index (χ4n) is 3.35. The summed E-state index contributed by atoms with van der Waals surface area (Å²) in [6, 6.07) is 20.2. The second-order valence-electron chi connectivity index (χ2n) is 6.99. The van der Waals surface area contributed by atoms with Gasteiger partial charge in [0.05, 0.1) is 23.7 Å². The summed E-state index contributed by atoms with van der Waals surface area (Å²) in [4.78, 5) is 14.5. The molecule has 0 aliphatic heterocycles. The molecule has 0 aliphatic carbocycles. The summed E-state index contributed by atoms with van der Waals surface area (Å²) in [6.45, 7) is 3.73. The number of carbonyl (C=O) groups excluding carboxylic acids is 1. The van der Waals surface area contributed by atoms with Crippen molar-refractivity contribution in [2.75, 3.05) is 7.11 Å². The molecule has 29 heavy (non-hydrogen) atoms. The predicted octanol–water partition coefficient (Wildman–Crippen LogP) is 4.53. The molecule has 1 amide bonds. The van der Waals surface area contributed by atoms with Crippen LogP contribution in [0.4, 0.5) is 0 Å². The number of fused-ring (bicyclic) bond motifs is 1. The molecule has 0 saturated carbocycles. The van der Waals surface area contributed by atoms with Gasteiger partial charge in [0.1, 0.15) is 4.83 Å². The van der Waals surface area contributed by atoms with E-state index in [0.717, 1.165) is 27.0 Å². The maximum atomic E-state index is 12.7. The number of ether oxygens (including phenoxy) is 1. The second kappa shape index (κ2) is 8.59. The maximum Gasteiger partial charge on any atom is 0.261 e. The molecule has 2 aromatic heterocycles. The van der Waals surface area contributed by atoms with Crippen LogP contribution in [0.2, 0.25) is 0 Å². The van der Waals surface area contributed by atoms with Gasteiger partial charge in [-0.25, -0.2) is 0 Å². The van der Waals surface area contributed by atoms with E-state index in [0.29, 0.717) is 24.6 Å². The van der Waals surface area contributed by atoms with Crippen LogP contribution < -0.4 is 5.32 Å². The van der Waals surface area contributed by atoms with Crippen molar-refractivity contribution in [3.8, 4) is 0 Å². The van der Waals surface area contributed by atoms with Crippen molar-refractivity contribution in [3.63, 3.8) is 0 Å². The number of hydrogen-bond acceptors (Lipinski definition) is 4. The second-order valence-corrected chi connectivity index (χ2v) is 8.02. The summed E-state index contributed by atoms with van der Waals surface area (Å²) in [7, 11) is 1.68. The van der Waals surface area contributed by atoms with Gasteiger partial charge in [0.25, 0.3) is 5.91 Å². The standard InChI is InChI=1S/C23H23N3O2S/c1-16-20-12-21(22(27)24-13-18-9-6-10-19(11-18)15-28-2)29-23(20)26(25-16)14-17-7-4-3-5-8-17/h3-12H,13-15H2,1-2H3,(H,24,27). The summed E-state index contributed by atoms with van der Waals surface area (Å²) < 4.78 is 7.16. The van der Waals surface area contributed by atoms with Crippen LogP contribution in [-0.2, 0) is 24.4 Å². The minimum Gasteiger partial charge on any atom is -0.380 e. The van der Waals surface area contributed by atoms with Crippen LogP contribution in [0.3, 0.4) is 0 Å². The fourth-order valence-corrected chi connectivity index (χ4v) is 4.43. The molecule has 0 aliphatic rings. The molecule has 1 N–H and O–H groups in total. The lowest BCUT2D eigenvalue weighted by atomic mass is 10.1. The molecule has 148 valence electrons. The first-order chi connectivity index (χ1) is 14.1. The zero-order valence-corrected chi connectivity index (χ0v) is 17.3. The Labute approximate surface area is 173 Å². The van der Waals surface area contributed by atoms with Crippen LogP contribution in [0.15, 0.2) is 60.7 Å². The average Bonchev–Trinajstić information content (AvgIpc) is 3.29. The minimum absolute atomic E-state index is 0.0611. The van der Waals surface area contributed by atoms with Gasteiger partial charge in [-0.15, -0.1) is 11.3 Å². The van der Waals surface area contributed by atoms with Crippen molar-refractivity contribution < 1.29 is 9.53 Å². The van der Waals surface area contributed by atoms with E-state index in [9.17, 15) is 4.79 Å². The molecule has 2 aromatic carbocycles. The maximum absolute atomic E-state index is 12.7. The Morgan fingerprint density at radius 3 is 2.62 bits per heavy atom. The molecule has 5 nitrogen and oxygen atoms in total. The molecule has 0 unspecified atom stereocenters. The van der Waals surface area contributed by atoms with E-state index in [1.807, 2.05) is 54.1 Å². The van der Waals surface area contributed by atoms with Crippen molar-refractivity contribution in [3.05, 3.63) is 87.9 Å². The quantitative estimate of drug-likeness (QED) is 0.491. The minimum atomic E-state index is -0.0611. The Kier molecular flexibility index (Phi) is 5.74. The summed E-state index contributed by atoms with van der Waals surface area (Å²) in [5, 5.41) is 8.71. The van der Waals surface area contributed by atoms with E-state index in [2.05, 4.69) is 28.6 Å². The van der Waals surface area contributed by atoms with Crippen LogP contribution >= 0.6 is 11.3 Å². The Hall–Kier alpha value is -2.96. The summed E-state index contributed by atoms with van der Waals surface area (Å²) in [6.07, 6.45) is 0. The molecule has 0 radical (unpaired) electrons. The van der Waals surface area contributed by atoms with Gasteiger partial charge in [0, 0.05) is 19.0 Å². The number of benzene rings is 2. The van der Waals surface area contributed by atoms with Crippen molar-refractivity contribution in [2.45, 2.75) is 26.6 Å². The number of methoxy groups -OCH3 is 1. The van der Waals surface area contributed by atoms with E-state index in [1.165, 1.54) is 16.9 Å². The van der Waals surface area contributed by atoms with Crippen molar-refractivity contribution in [1.29, 1.82) is 0 Å². The molecule has 4 rings (SSSR count). The fraction of sp³-hybridized carbons (Fsp3) is 0.217. The van der Waals surface area contributed by atoms with Gasteiger partial charge in [-0.3, -0.25) is 9.48 Å².